The van der Waals surface area contributed by atoms with Gasteiger partial charge in [0.15, 0.2) is 0 Å². The van der Waals surface area contributed by atoms with E-state index in [1.54, 1.807) is 63.2 Å². The van der Waals surface area contributed by atoms with Crippen molar-refractivity contribution in [2.24, 2.45) is 0 Å². The van der Waals surface area contributed by atoms with Gasteiger partial charge in [0.2, 0.25) is 0 Å². The summed E-state index contributed by atoms with van der Waals surface area (Å²) in [6, 6.07) is 14.2. The Balaban J connectivity index is 1.35. The van der Waals surface area contributed by atoms with Gasteiger partial charge in [0.1, 0.15) is 17.0 Å². The second-order valence-electron chi connectivity index (χ2n) is 9.15. The Morgan fingerprint density at radius 2 is 1.43 bits per heavy atom. The summed E-state index contributed by atoms with van der Waals surface area (Å²) in [5.41, 5.74) is 8.80. The van der Waals surface area contributed by atoms with Gasteiger partial charge in [0, 0.05) is 46.3 Å². The lowest BCUT2D eigenvalue weighted by Gasteiger charge is -2.19. The second kappa shape index (κ2) is 9.41. The van der Waals surface area contributed by atoms with Gasteiger partial charge in [0.25, 0.3) is 11.8 Å². The Morgan fingerprint density at radius 3 is 2.11 bits per heavy atom. The molecule has 0 aliphatic carbocycles. The molecule has 4 rings (SSSR count). The molecule has 0 radical (unpaired) electrons. The maximum absolute atomic E-state index is 12.7. The van der Waals surface area contributed by atoms with Crippen molar-refractivity contribution in [2.45, 2.75) is 26.4 Å². The van der Waals surface area contributed by atoms with Crippen LogP contribution < -0.4 is 21.7 Å². The molecule has 4 aromatic rings. The lowest BCUT2D eigenvalue weighted by molar-refractivity contribution is 0.0526. The van der Waals surface area contributed by atoms with Crippen LogP contribution in [0.2, 0.25) is 0 Å². The standard InChI is InChI=1S/C25H28N6O4/c1-25(2,3)35-24(34)28-9-8-27-22(32)20-13-15-11-17(5-7-19(15)30-20)29-23(33)21-12-14-10-16(26)4-6-18(14)31-21/h4-7,10-13,30-31H,8-9,26H2,1-3H3,(H,27,32)(H,28,34)(H,29,33). The molecule has 0 aliphatic rings. The number of carbonyl (C=O) groups is 3. The maximum Gasteiger partial charge on any atom is 0.407 e. The van der Waals surface area contributed by atoms with Crippen LogP contribution in [0, 0.1) is 0 Å². The number of nitrogens with two attached hydrogens (primary N) is 1. The number of nitrogens with one attached hydrogen (secondary N) is 5. The maximum atomic E-state index is 12.7. The van der Waals surface area contributed by atoms with Crippen LogP contribution in [0.4, 0.5) is 16.2 Å². The number of nitrogen functional groups attached to an aromatic ring is 1. The van der Waals surface area contributed by atoms with Gasteiger partial charge in [-0.25, -0.2) is 4.79 Å². The van der Waals surface area contributed by atoms with Gasteiger partial charge in [-0.3, -0.25) is 9.59 Å². The number of carbonyl (C=O) groups excluding carboxylic acids is 3. The van der Waals surface area contributed by atoms with Crippen molar-refractivity contribution >= 4 is 51.1 Å². The van der Waals surface area contributed by atoms with Crippen molar-refractivity contribution in [3.05, 3.63) is 59.9 Å². The average Bonchev–Trinajstić information content (AvgIpc) is 3.39. The van der Waals surface area contributed by atoms with Gasteiger partial charge in [-0.05, 0) is 69.3 Å². The highest BCUT2D eigenvalue weighted by molar-refractivity contribution is 6.07. The summed E-state index contributed by atoms with van der Waals surface area (Å²) in [6.07, 6.45) is -0.538. The molecule has 3 amide bonds. The second-order valence-corrected chi connectivity index (χ2v) is 9.15. The molecule has 10 nitrogen and oxygen atoms in total. The van der Waals surface area contributed by atoms with Crippen LogP contribution >= 0.6 is 0 Å². The van der Waals surface area contributed by atoms with E-state index in [2.05, 4.69) is 25.9 Å². The molecule has 0 atom stereocenters. The van der Waals surface area contributed by atoms with E-state index in [-0.39, 0.29) is 24.9 Å². The molecule has 2 aromatic heterocycles. The fourth-order valence-electron chi connectivity index (χ4n) is 3.55. The number of aromatic amines is 2. The number of anilines is 2. The molecule has 2 heterocycles. The number of H-pyrrole nitrogens is 2. The summed E-state index contributed by atoms with van der Waals surface area (Å²) in [6.45, 7) is 5.81. The normalized spacial score (nSPS) is 11.4. The summed E-state index contributed by atoms with van der Waals surface area (Å²) in [4.78, 5) is 43.0. The molecule has 2 aromatic carbocycles. The Bertz CT molecular complexity index is 1410. The van der Waals surface area contributed by atoms with Crippen LogP contribution in [-0.2, 0) is 4.74 Å². The Labute approximate surface area is 201 Å². The third kappa shape index (κ3) is 5.91. The first-order valence-corrected chi connectivity index (χ1v) is 11.1. The predicted molar refractivity (Wildman–Crippen MR) is 136 cm³/mol. The molecule has 35 heavy (non-hydrogen) atoms. The highest BCUT2D eigenvalue weighted by Gasteiger charge is 2.16. The highest BCUT2D eigenvalue weighted by atomic mass is 16.6. The summed E-state index contributed by atoms with van der Waals surface area (Å²) in [5, 5.41) is 9.82. The van der Waals surface area contributed by atoms with Crippen molar-refractivity contribution in [3.8, 4) is 0 Å². The number of ether oxygens (including phenoxy) is 1. The van der Waals surface area contributed by atoms with Gasteiger partial charge >= 0.3 is 6.09 Å². The molecule has 10 heteroatoms. The fraction of sp³-hybridized carbons (Fsp3) is 0.240. The lowest BCUT2D eigenvalue weighted by atomic mass is 10.2. The number of amides is 3. The summed E-state index contributed by atoms with van der Waals surface area (Å²) in [5.74, 6) is -0.597. The van der Waals surface area contributed by atoms with E-state index in [1.807, 2.05) is 6.07 Å². The molecule has 0 bridgehead atoms. The van der Waals surface area contributed by atoms with Crippen LogP contribution in [0.5, 0.6) is 0 Å². The zero-order valence-corrected chi connectivity index (χ0v) is 19.7. The zero-order chi connectivity index (χ0) is 25.2. The molecular formula is C25H28N6O4. The van der Waals surface area contributed by atoms with Crippen molar-refractivity contribution in [2.75, 3.05) is 24.1 Å². The minimum absolute atomic E-state index is 0.234. The van der Waals surface area contributed by atoms with Crippen LogP contribution in [0.15, 0.2) is 48.5 Å². The first kappa shape index (κ1) is 23.7. The first-order valence-electron chi connectivity index (χ1n) is 11.1. The number of hydrogen-bond donors (Lipinski definition) is 6. The van der Waals surface area contributed by atoms with E-state index < -0.39 is 11.7 Å². The van der Waals surface area contributed by atoms with Crippen LogP contribution in [0.25, 0.3) is 21.8 Å². The Hall–Kier alpha value is -4.47. The zero-order valence-electron chi connectivity index (χ0n) is 19.7. The number of hydrogen-bond acceptors (Lipinski definition) is 5. The van der Waals surface area contributed by atoms with E-state index in [9.17, 15) is 14.4 Å². The van der Waals surface area contributed by atoms with Crippen LogP contribution in [0.3, 0.4) is 0 Å². The number of benzene rings is 2. The fourth-order valence-corrected chi connectivity index (χ4v) is 3.55. The van der Waals surface area contributed by atoms with E-state index in [0.717, 1.165) is 21.8 Å². The summed E-state index contributed by atoms with van der Waals surface area (Å²) in [7, 11) is 0. The molecule has 0 saturated carbocycles. The number of fused-ring (bicyclic) bond motifs is 2. The average molecular weight is 477 g/mol. The molecule has 0 fully saturated rings. The minimum atomic E-state index is -0.583. The van der Waals surface area contributed by atoms with Crippen molar-refractivity contribution in [3.63, 3.8) is 0 Å². The predicted octanol–water partition coefficient (Wildman–Crippen LogP) is 3.74. The molecule has 182 valence electrons. The van der Waals surface area contributed by atoms with E-state index >= 15 is 0 Å². The van der Waals surface area contributed by atoms with Crippen molar-refractivity contribution in [1.82, 2.24) is 20.6 Å². The lowest BCUT2D eigenvalue weighted by Crippen LogP contribution is -2.37. The quantitative estimate of drug-likeness (QED) is 0.185. The van der Waals surface area contributed by atoms with Gasteiger partial charge in [0.05, 0.1) is 0 Å². The Kier molecular flexibility index (Phi) is 6.37. The van der Waals surface area contributed by atoms with E-state index in [0.29, 0.717) is 22.8 Å². The van der Waals surface area contributed by atoms with Crippen LogP contribution in [-0.4, -0.2) is 46.6 Å². The van der Waals surface area contributed by atoms with Crippen molar-refractivity contribution in [1.29, 1.82) is 0 Å². The van der Waals surface area contributed by atoms with Gasteiger partial charge in [-0.1, -0.05) is 0 Å². The smallest absolute Gasteiger partial charge is 0.407 e. The molecular weight excluding hydrogens is 448 g/mol. The minimum Gasteiger partial charge on any atom is -0.444 e. The SMILES string of the molecule is CC(C)(C)OC(=O)NCCNC(=O)c1cc2cc(NC(=O)c3cc4cc(N)ccc4[nH]3)ccc2[nH]1. The van der Waals surface area contributed by atoms with E-state index in [1.165, 1.54) is 0 Å². The number of aromatic nitrogens is 2. The van der Waals surface area contributed by atoms with Gasteiger partial charge < -0.3 is 36.4 Å². The third-order valence-corrected chi connectivity index (χ3v) is 5.09. The van der Waals surface area contributed by atoms with Crippen LogP contribution in [0.1, 0.15) is 41.7 Å². The number of alkyl carbamates (subject to hydrolysis) is 1. The molecule has 0 saturated heterocycles. The van der Waals surface area contributed by atoms with Gasteiger partial charge in [-0.2, -0.15) is 0 Å². The first-order chi connectivity index (χ1) is 16.6. The third-order valence-electron chi connectivity index (χ3n) is 5.09. The van der Waals surface area contributed by atoms with Gasteiger partial charge in [-0.15, -0.1) is 0 Å². The highest BCUT2D eigenvalue weighted by Crippen LogP contribution is 2.22. The largest absolute Gasteiger partial charge is 0.444 e. The molecule has 7 N–H and O–H groups in total. The monoisotopic (exact) mass is 476 g/mol. The van der Waals surface area contributed by atoms with Crippen molar-refractivity contribution < 1.29 is 19.1 Å². The topological polar surface area (TPSA) is 154 Å². The summed E-state index contributed by atoms with van der Waals surface area (Å²) >= 11 is 0. The van der Waals surface area contributed by atoms with E-state index in [4.69, 9.17) is 10.5 Å². The summed E-state index contributed by atoms with van der Waals surface area (Å²) < 4.78 is 5.15. The Morgan fingerprint density at radius 1 is 0.829 bits per heavy atom. The molecule has 0 unspecified atom stereocenters. The molecule has 0 aliphatic heterocycles. The number of rotatable bonds is 6. The molecule has 0 spiro atoms.